The number of carbonyl (C=O) groups is 3. The van der Waals surface area contributed by atoms with E-state index >= 15 is 0 Å². The molecule has 2 rings (SSSR count). The molecule has 0 unspecified atom stereocenters. The average molecular weight is 269 g/mol. The van der Waals surface area contributed by atoms with Crippen LogP contribution < -0.4 is 0 Å². The second kappa shape index (κ2) is 4.21. The third-order valence-electron chi connectivity index (χ3n) is 4.06. The van der Waals surface area contributed by atoms with Crippen molar-refractivity contribution in [2.45, 2.75) is 45.4 Å². The molecule has 6 nitrogen and oxygen atoms in total. The van der Waals surface area contributed by atoms with Crippen LogP contribution in [0.1, 0.15) is 27.7 Å². The number of fused-ring (bicyclic) bond motifs is 1. The Morgan fingerprint density at radius 2 is 2.00 bits per heavy atom. The van der Waals surface area contributed by atoms with Crippen LogP contribution >= 0.6 is 0 Å². The molecule has 2 saturated heterocycles. The molecule has 106 valence electrons. The van der Waals surface area contributed by atoms with Crippen molar-refractivity contribution in [1.82, 2.24) is 4.90 Å². The van der Waals surface area contributed by atoms with Gasteiger partial charge in [-0.3, -0.25) is 9.59 Å². The van der Waals surface area contributed by atoms with Crippen LogP contribution in [0.5, 0.6) is 0 Å². The van der Waals surface area contributed by atoms with E-state index in [1.54, 1.807) is 14.0 Å². The number of amides is 1. The molecular formula is C13H19NO5. The van der Waals surface area contributed by atoms with Gasteiger partial charge in [0, 0.05) is 14.0 Å². The van der Waals surface area contributed by atoms with Gasteiger partial charge in [0.1, 0.15) is 6.10 Å². The number of likely N-dealkylation sites (tertiary alicyclic amines) is 1. The van der Waals surface area contributed by atoms with Gasteiger partial charge in [0.25, 0.3) is 0 Å². The molecule has 0 radical (unpaired) electrons. The van der Waals surface area contributed by atoms with E-state index in [1.807, 2.05) is 13.8 Å². The summed E-state index contributed by atoms with van der Waals surface area (Å²) in [6, 6.07) is 0. The standard InChI is InChI=1S/C13H19NO5/c1-6(2)9(18-8(4)15)13-10(19-12(13)17)7(3)11(16)14(13)5/h6-7,9-10H,1-5H3/t7-,9+,10+,13-/m1/s1. The van der Waals surface area contributed by atoms with Crippen LogP contribution in [0.25, 0.3) is 0 Å². The van der Waals surface area contributed by atoms with Crippen molar-refractivity contribution in [3.8, 4) is 0 Å². The molecule has 2 heterocycles. The van der Waals surface area contributed by atoms with Gasteiger partial charge in [-0.25, -0.2) is 4.79 Å². The first kappa shape index (κ1) is 13.8. The minimum absolute atomic E-state index is 0.0974. The van der Waals surface area contributed by atoms with E-state index < -0.39 is 35.6 Å². The van der Waals surface area contributed by atoms with Crippen LogP contribution in [-0.4, -0.2) is 47.5 Å². The minimum atomic E-state index is -1.16. The maximum absolute atomic E-state index is 12.1. The maximum Gasteiger partial charge on any atom is 0.340 e. The molecule has 0 aromatic rings. The molecule has 0 N–H and O–H groups in total. The fraction of sp³-hybridized carbons (Fsp3) is 0.769. The summed E-state index contributed by atoms with van der Waals surface area (Å²) >= 11 is 0. The Labute approximate surface area is 112 Å². The van der Waals surface area contributed by atoms with E-state index in [1.165, 1.54) is 11.8 Å². The summed E-state index contributed by atoms with van der Waals surface area (Å²) < 4.78 is 10.5. The highest BCUT2D eigenvalue weighted by Gasteiger charge is 2.75. The summed E-state index contributed by atoms with van der Waals surface area (Å²) in [5.74, 6) is -1.61. The number of nitrogens with zero attached hydrogens (tertiary/aromatic N) is 1. The molecule has 4 atom stereocenters. The monoisotopic (exact) mass is 269 g/mol. The summed E-state index contributed by atoms with van der Waals surface area (Å²) in [5.41, 5.74) is -1.16. The molecule has 0 bridgehead atoms. The summed E-state index contributed by atoms with van der Waals surface area (Å²) in [6.07, 6.45) is -1.22. The Bertz CT molecular complexity index is 446. The lowest BCUT2D eigenvalue weighted by atomic mass is 9.75. The lowest BCUT2D eigenvalue weighted by Gasteiger charge is -2.50. The van der Waals surface area contributed by atoms with Crippen LogP contribution in [0.2, 0.25) is 0 Å². The lowest BCUT2D eigenvalue weighted by Crippen LogP contribution is -2.74. The molecule has 0 aromatic heterocycles. The van der Waals surface area contributed by atoms with Crippen LogP contribution in [0.15, 0.2) is 0 Å². The number of likely N-dealkylation sites (N-methyl/N-ethyl adjacent to an activating group) is 1. The van der Waals surface area contributed by atoms with Gasteiger partial charge in [0.05, 0.1) is 5.92 Å². The molecule has 1 amide bonds. The van der Waals surface area contributed by atoms with Crippen LogP contribution in [-0.2, 0) is 23.9 Å². The van der Waals surface area contributed by atoms with Crippen molar-refractivity contribution in [3.05, 3.63) is 0 Å². The highest BCUT2D eigenvalue weighted by Crippen LogP contribution is 2.48. The van der Waals surface area contributed by atoms with Crippen molar-refractivity contribution in [2.24, 2.45) is 11.8 Å². The average Bonchev–Trinajstić information content (AvgIpc) is 2.45. The number of carbonyl (C=O) groups excluding carboxylic acids is 3. The highest BCUT2D eigenvalue weighted by molar-refractivity contribution is 6.00. The number of hydrogen-bond acceptors (Lipinski definition) is 5. The molecule has 6 heteroatoms. The van der Waals surface area contributed by atoms with E-state index in [-0.39, 0.29) is 11.8 Å². The summed E-state index contributed by atoms with van der Waals surface area (Å²) in [4.78, 5) is 36.8. The Balaban J connectivity index is 2.45. The van der Waals surface area contributed by atoms with Gasteiger partial charge in [-0.2, -0.15) is 0 Å². The van der Waals surface area contributed by atoms with Crippen molar-refractivity contribution in [3.63, 3.8) is 0 Å². The first-order chi connectivity index (χ1) is 8.74. The summed E-state index contributed by atoms with van der Waals surface area (Å²) in [6.45, 7) is 6.73. The van der Waals surface area contributed by atoms with E-state index in [4.69, 9.17) is 9.47 Å². The molecule has 0 saturated carbocycles. The topological polar surface area (TPSA) is 72.9 Å². The molecule has 2 fully saturated rings. The van der Waals surface area contributed by atoms with Crippen LogP contribution in [0, 0.1) is 11.8 Å². The first-order valence-corrected chi connectivity index (χ1v) is 6.40. The van der Waals surface area contributed by atoms with Crippen molar-refractivity contribution in [2.75, 3.05) is 7.05 Å². The SMILES string of the molecule is CC(=O)O[C@@H](C(C)C)[C@]12C(=O)O[C@H]1[C@@H](C)C(=O)N2C. The normalized spacial score (nSPS) is 34.7. The van der Waals surface area contributed by atoms with Gasteiger partial charge in [0.15, 0.2) is 6.10 Å². The van der Waals surface area contributed by atoms with Gasteiger partial charge in [0.2, 0.25) is 11.4 Å². The number of rotatable bonds is 3. The zero-order valence-electron chi connectivity index (χ0n) is 11.8. The second-order valence-corrected chi connectivity index (χ2v) is 5.61. The maximum atomic E-state index is 12.1. The Hall–Kier alpha value is -1.59. The molecule has 19 heavy (non-hydrogen) atoms. The van der Waals surface area contributed by atoms with E-state index in [9.17, 15) is 14.4 Å². The molecule has 0 aliphatic carbocycles. The van der Waals surface area contributed by atoms with E-state index in [2.05, 4.69) is 0 Å². The molecule has 2 aliphatic heterocycles. The van der Waals surface area contributed by atoms with E-state index in [0.717, 1.165) is 0 Å². The Morgan fingerprint density at radius 1 is 1.42 bits per heavy atom. The second-order valence-electron chi connectivity index (χ2n) is 5.61. The molecule has 0 spiro atoms. The molecular weight excluding hydrogens is 250 g/mol. The highest BCUT2D eigenvalue weighted by atomic mass is 16.6. The largest absolute Gasteiger partial charge is 0.459 e. The summed E-state index contributed by atoms with van der Waals surface area (Å²) in [5, 5.41) is 0. The Kier molecular flexibility index (Phi) is 3.07. The van der Waals surface area contributed by atoms with Gasteiger partial charge < -0.3 is 14.4 Å². The third-order valence-corrected chi connectivity index (χ3v) is 4.06. The van der Waals surface area contributed by atoms with Gasteiger partial charge in [-0.15, -0.1) is 0 Å². The van der Waals surface area contributed by atoms with Gasteiger partial charge in [-0.05, 0) is 12.8 Å². The van der Waals surface area contributed by atoms with Gasteiger partial charge >= 0.3 is 11.9 Å². The molecule has 0 aromatic carbocycles. The van der Waals surface area contributed by atoms with E-state index in [0.29, 0.717) is 0 Å². The van der Waals surface area contributed by atoms with Gasteiger partial charge in [-0.1, -0.05) is 13.8 Å². The Morgan fingerprint density at radius 3 is 2.37 bits per heavy atom. The summed E-state index contributed by atoms with van der Waals surface area (Å²) in [7, 11) is 1.57. The van der Waals surface area contributed by atoms with Crippen molar-refractivity contribution < 1.29 is 23.9 Å². The van der Waals surface area contributed by atoms with Crippen LogP contribution in [0.4, 0.5) is 0 Å². The fourth-order valence-electron chi connectivity index (χ4n) is 3.17. The zero-order valence-corrected chi connectivity index (χ0v) is 11.8. The first-order valence-electron chi connectivity index (χ1n) is 6.40. The smallest absolute Gasteiger partial charge is 0.340 e. The number of hydrogen-bond donors (Lipinski definition) is 0. The van der Waals surface area contributed by atoms with Crippen molar-refractivity contribution >= 4 is 17.8 Å². The number of esters is 2. The third kappa shape index (κ3) is 1.58. The fourth-order valence-corrected chi connectivity index (χ4v) is 3.17. The minimum Gasteiger partial charge on any atom is -0.459 e. The lowest BCUT2D eigenvalue weighted by molar-refractivity contribution is -0.225. The quantitative estimate of drug-likeness (QED) is 0.691. The van der Waals surface area contributed by atoms with Crippen LogP contribution in [0.3, 0.4) is 0 Å². The molecule has 2 aliphatic rings. The predicted molar refractivity (Wildman–Crippen MR) is 64.9 cm³/mol. The predicted octanol–water partition coefficient (Wildman–Crippen LogP) is 0.346. The number of ether oxygens (including phenoxy) is 2. The van der Waals surface area contributed by atoms with Crippen molar-refractivity contribution in [1.29, 1.82) is 0 Å². The zero-order chi connectivity index (χ0) is 14.5.